The van der Waals surface area contributed by atoms with Crippen LogP contribution >= 0.6 is 0 Å². The summed E-state index contributed by atoms with van der Waals surface area (Å²) < 4.78 is 19.2. The number of ether oxygens (including phenoxy) is 1. The molecule has 5 heteroatoms. The Morgan fingerprint density at radius 3 is 2.84 bits per heavy atom. The number of esters is 1. The highest BCUT2D eigenvalue weighted by molar-refractivity contribution is 5.95. The lowest BCUT2D eigenvalue weighted by molar-refractivity contribution is 0.0600. The number of methoxy groups -OCH3 is 1. The molecule has 0 unspecified atom stereocenters. The van der Waals surface area contributed by atoms with Crippen molar-refractivity contribution in [3.05, 3.63) is 24.0 Å². The normalized spacial score (nSPS) is 17.2. The van der Waals surface area contributed by atoms with Crippen LogP contribution in [-0.4, -0.2) is 37.3 Å². The summed E-state index contributed by atoms with van der Waals surface area (Å²) in [6.07, 6.45) is 6.11. The zero-order valence-electron chi connectivity index (χ0n) is 11.4. The third kappa shape index (κ3) is 3.03. The lowest BCUT2D eigenvalue weighted by Crippen LogP contribution is -2.36. The molecule has 0 saturated heterocycles. The van der Waals surface area contributed by atoms with Gasteiger partial charge in [-0.3, -0.25) is 4.98 Å². The van der Waals surface area contributed by atoms with E-state index in [0.29, 0.717) is 30.6 Å². The highest BCUT2D eigenvalue weighted by Gasteiger charge is 2.35. The van der Waals surface area contributed by atoms with Crippen LogP contribution in [0.5, 0.6) is 0 Å². The summed E-state index contributed by atoms with van der Waals surface area (Å²) in [5.74, 6) is -0.450. The molecule has 0 radical (unpaired) electrons. The summed E-state index contributed by atoms with van der Waals surface area (Å²) in [4.78, 5) is 17.4. The fourth-order valence-electron chi connectivity index (χ4n) is 2.66. The first-order valence-electron chi connectivity index (χ1n) is 6.48. The number of nitrogens with zero attached hydrogens (tertiary/aromatic N) is 2. The van der Waals surface area contributed by atoms with Crippen molar-refractivity contribution >= 4 is 11.7 Å². The van der Waals surface area contributed by atoms with Crippen LogP contribution in [0.1, 0.15) is 36.0 Å². The number of pyridine rings is 1. The van der Waals surface area contributed by atoms with Crippen molar-refractivity contribution in [3.8, 4) is 0 Å². The van der Waals surface area contributed by atoms with Gasteiger partial charge in [0.2, 0.25) is 0 Å². The molecule has 0 amide bonds. The molecule has 0 bridgehead atoms. The average molecular weight is 266 g/mol. The van der Waals surface area contributed by atoms with E-state index in [-0.39, 0.29) is 0 Å². The minimum atomic E-state index is -1.15. The molecule has 0 aromatic carbocycles. The molecule has 1 aliphatic rings. The number of carbonyl (C=O) groups excluding carboxylic acids is 1. The summed E-state index contributed by atoms with van der Waals surface area (Å²) in [6, 6.07) is 1.71. The molecule has 19 heavy (non-hydrogen) atoms. The zero-order valence-corrected chi connectivity index (χ0v) is 11.4. The highest BCUT2D eigenvalue weighted by atomic mass is 19.1. The van der Waals surface area contributed by atoms with Gasteiger partial charge >= 0.3 is 5.97 Å². The van der Waals surface area contributed by atoms with Crippen molar-refractivity contribution in [1.29, 1.82) is 0 Å². The number of anilines is 1. The molecule has 1 aromatic heterocycles. The van der Waals surface area contributed by atoms with Crippen LogP contribution < -0.4 is 4.90 Å². The Morgan fingerprint density at radius 2 is 2.21 bits per heavy atom. The van der Waals surface area contributed by atoms with Crippen LogP contribution in [0, 0.1) is 0 Å². The molecule has 1 fully saturated rings. The van der Waals surface area contributed by atoms with Gasteiger partial charge in [-0.1, -0.05) is 12.8 Å². The smallest absolute Gasteiger partial charge is 0.341 e. The third-order valence-corrected chi connectivity index (χ3v) is 3.63. The van der Waals surface area contributed by atoms with Gasteiger partial charge in [0, 0.05) is 19.4 Å². The lowest BCUT2D eigenvalue weighted by Gasteiger charge is -2.28. The van der Waals surface area contributed by atoms with E-state index in [9.17, 15) is 9.18 Å². The molecule has 4 nitrogen and oxygen atoms in total. The fourth-order valence-corrected chi connectivity index (χ4v) is 2.66. The van der Waals surface area contributed by atoms with Crippen molar-refractivity contribution in [2.75, 3.05) is 25.6 Å². The fraction of sp³-hybridized carbons (Fsp3) is 0.571. The van der Waals surface area contributed by atoms with Crippen molar-refractivity contribution in [1.82, 2.24) is 4.98 Å². The van der Waals surface area contributed by atoms with Gasteiger partial charge in [-0.15, -0.1) is 0 Å². The average Bonchev–Trinajstić information content (AvgIpc) is 2.84. The molecule has 0 atom stereocenters. The number of rotatable bonds is 4. The van der Waals surface area contributed by atoms with Crippen LogP contribution in [0.4, 0.5) is 10.1 Å². The number of alkyl halides is 1. The van der Waals surface area contributed by atoms with Gasteiger partial charge in [-0.25, -0.2) is 9.18 Å². The Morgan fingerprint density at radius 1 is 1.53 bits per heavy atom. The van der Waals surface area contributed by atoms with Crippen LogP contribution in [-0.2, 0) is 4.74 Å². The van der Waals surface area contributed by atoms with Gasteiger partial charge < -0.3 is 9.64 Å². The summed E-state index contributed by atoms with van der Waals surface area (Å²) in [6.45, 7) is 0.293. The summed E-state index contributed by atoms with van der Waals surface area (Å²) >= 11 is 0. The molecular formula is C14H19FN2O2. The topological polar surface area (TPSA) is 42.4 Å². The maximum atomic E-state index is 14.5. The molecule has 2 rings (SSSR count). The SMILES string of the molecule is COC(=O)c1cnccc1N(C)CC1(F)CCCC1. The van der Waals surface area contributed by atoms with Crippen molar-refractivity contribution in [3.63, 3.8) is 0 Å². The number of halogens is 1. The Hall–Kier alpha value is -1.65. The third-order valence-electron chi connectivity index (χ3n) is 3.63. The minimum Gasteiger partial charge on any atom is -0.465 e. The van der Waals surface area contributed by atoms with Crippen molar-refractivity contribution < 1.29 is 13.9 Å². The molecule has 1 aliphatic carbocycles. The van der Waals surface area contributed by atoms with Gasteiger partial charge in [0.05, 0.1) is 19.3 Å². The Balaban J connectivity index is 2.19. The summed E-state index contributed by atoms with van der Waals surface area (Å²) in [7, 11) is 3.12. The molecule has 1 heterocycles. The van der Waals surface area contributed by atoms with Gasteiger partial charge in [-0.05, 0) is 18.9 Å². The van der Waals surface area contributed by atoms with Crippen molar-refractivity contribution in [2.24, 2.45) is 0 Å². The second-order valence-corrected chi connectivity index (χ2v) is 5.10. The predicted molar refractivity (Wildman–Crippen MR) is 71.2 cm³/mol. The van der Waals surface area contributed by atoms with E-state index in [1.165, 1.54) is 13.3 Å². The van der Waals surface area contributed by atoms with Gasteiger partial charge in [0.15, 0.2) is 0 Å². The highest BCUT2D eigenvalue weighted by Crippen LogP contribution is 2.35. The molecule has 1 saturated carbocycles. The standard InChI is InChI=1S/C14H19FN2O2/c1-17(10-14(15)6-3-4-7-14)12-5-8-16-9-11(12)13(18)19-2/h5,8-9H,3-4,6-7,10H2,1-2H3. The molecule has 0 spiro atoms. The van der Waals surface area contributed by atoms with Crippen molar-refractivity contribution in [2.45, 2.75) is 31.4 Å². The van der Waals surface area contributed by atoms with Gasteiger partial charge in [0.25, 0.3) is 0 Å². The minimum absolute atomic E-state index is 0.293. The Labute approximate surface area is 112 Å². The summed E-state index contributed by atoms with van der Waals surface area (Å²) in [5, 5.41) is 0. The first kappa shape index (κ1) is 13.8. The molecule has 1 aromatic rings. The van der Waals surface area contributed by atoms with Crippen LogP contribution in [0.25, 0.3) is 0 Å². The molecule has 104 valence electrons. The number of hydrogen-bond donors (Lipinski definition) is 0. The maximum Gasteiger partial charge on any atom is 0.341 e. The molecular weight excluding hydrogens is 247 g/mol. The van der Waals surface area contributed by atoms with Crippen LogP contribution in [0.2, 0.25) is 0 Å². The van der Waals surface area contributed by atoms with E-state index in [4.69, 9.17) is 4.74 Å². The zero-order chi connectivity index (χ0) is 13.9. The predicted octanol–water partition coefficient (Wildman–Crippen LogP) is 2.59. The van der Waals surface area contributed by atoms with E-state index in [2.05, 4.69) is 4.98 Å². The van der Waals surface area contributed by atoms with E-state index in [1.807, 2.05) is 0 Å². The van der Waals surface area contributed by atoms with E-state index < -0.39 is 11.6 Å². The van der Waals surface area contributed by atoms with E-state index >= 15 is 0 Å². The van der Waals surface area contributed by atoms with E-state index in [0.717, 1.165) is 12.8 Å². The Bertz CT molecular complexity index is 459. The molecule has 0 N–H and O–H groups in total. The number of aromatic nitrogens is 1. The van der Waals surface area contributed by atoms with Crippen LogP contribution in [0.15, 0.2) is 18.5 Å². The first-order valence-corrected chi connectivity index (χ1v) is 6.48. The largest absolute Gasteiger partial charge is 0.465 e. The Kier molecular flexibility index (Phi) is 4.02. The first-order chi connectivity index (χ1) is 9.06. The van der Waals surface area contributed by atoms with Gasteiger partial charge in [0.1, 0.15) is 11.2 Å². The lowest BCUT2D eigenvalue weighted by atomic mass is 10.0. The number of carbonyl (C=O) groups is 1. The monoisotopic (exact) mass is 266 g/mol. The maximum absolute atomic E-state index is 14.5. The number of hydrogen-bond acceptors (Lipinski definition) is 4. The van der Waals surface area contributed by atoms with E-state index in [1.54, 1.807) is 24.2 Å². The second-order valence-electron chi connectivity index (χ2n) is 5.10. The van der Waals surface area contributed by atoms with Crippen LogP contribution in [0.3, 0.4) is 0 Å². The summed E-state index contributed by atoms with van der Waals surface area (Å²) in [5.41, 5.74) is -0.120. The second kappa shape index (κ2) is 5.55. The van der Waals surface area contributed by atoms with Gasteiger partial charge in [-0.2, -0.15) is 0 Å². The molecule has 0 aliphatic heterocycles. The quantitative estimate of drug-likeness (QED) is 0.786.